The highest BCUT2D eigenvalue weighted by molar-refractivity contribution is 14.0. The number of benzene rings is 1. The van der Waals surface area contributed by atoms with Crippen LogP contribution in [0.5, 0.6) is 0 Å². The van der Waals surface area contributed by atoms with Crippen molar-refractivity contribution < 1.29 is 4.79 Å². The highest BCUT2D eigenvalue weighted by Gasteiger charge is 2.25. The van der Waals surface area contributed by atoms with Crippen molar-refractivity contribution in [2.45, 2.75) is 11.3 Å². The number of hydrogen-bond acceptors (Lipinski definition) is 4. The van der Waals surface area contributed by atoms with E-state index in [1.54, 1.807) is 19.0 Å². The predicted molar refractivity (Wildman–Crippen MR) is 130 cm³/mol. The van der Waals surface area contributed by atoms with Crippen molar-refractivity contribution in [3.8, 4) is 0 Å². The molecule has 1 aliphatic heterocycles. The van der Waals surface area contributed by atoms with E-state index in [4.69, 9.17) is 0 Å². The summed E-state index contributed by atoms with van der Waals surface area (Å²) in [5.41, 5.74) is 0. The number of rotatable bonds is 8. The topological polar surface area (TPSA) is 47.9 Å². The summed E-state index contributed by atoms with van der Waals surface area (Å²) in [4.78, 5) is 21.7. The standard InChI is InChI=1S/C19H30N4OS2.HI/c1-22(2)18(24)13-21-19(20-10-12-25-3)23-11-9-16(14-23)15-26-17-7-5-4-6-8-17;/h4-8,16H,9-15H2,1-3H3,(H,20,21);1H. The smallest absolute Gasteiger partial charge is 0.243 e. The number of halogens is 1. The average Bonchev–Trinajstić information content (AvgIpc) is 3.12. The molecule has 0 bridgehead atoms. The summed E-state index contributed by atoms with van der Waals surface area (Å²) >= 11 is 3.73. The number of thioether (sulfide) groups is 2. The van der Waals surface area contributed by atoms with Crippen LogP contribution in [0.4, 0.5) is 0 Å². The molecular weight excluding hydrogens is 491 g/mol. The molecule has 1 unspecified atom stereocenters. The van der Waals surface area contributed by atoms with Crippen LogP contribution in [0.15, 0.2) is 40.2 Å². The van der Waals surface area contributed by atoms with E-state index < -0.39 is 0 Å². The molecule has 8 heteroatoms. The molecule has 0 spiro atoms. The Bertz CT molecular complexity index is 586. The number of likely N-dealkylation sites (N-methyl/N-ethyl adjacent to an activating group) is 1. The van der Waals surface area contributed by atoms with Gasteiger partial charge in [0.1, 0.15) is 6.54 Å². The van der Waals surface area contributed by atoms with Gasteiger partial charge in [-0.05, 0) is 30.7 Å². The zero-order chi connectivity index (χ0) is 18.8. The molecule has 1 aromatic carbocycles. The average molecular weight is 523 g/mol. The summed E-state index contributed by atoms with van der Waals surface area (Å²) in [5, 5.41) is 3.43. The van der Waals surface area contributed by atoms with E-state index in [0.29, 0.717) is 5.92 Å². The fourth-order valence-corrected chi connectivity index (χ4v) is 4.06. The molecule has 5 nitrogen and oxygen atoms in total. The summed E-state index contributed by atoms with van der Waals surface area (Å²) in [6, 6.07) is 10.6. The minimum atomic E-state index is 0. The van der Waals surface area contributed by atoms with Gasteiger partial charge < -0.3 is 15.1 Å². The molecule has 0 radical (unpaired) electrons. The first-order valence-corrected chi connectivity index (χ1v) is 11.4. The summed E-state index contributed by atoms with van der Waals surface area (Å²) in [6.07, 6.45) is 3.27. The first-order chi connectivity index (χ1) is 12.6. The molecule has 1 aliphatic rings. The third kappa shape index (κ3) is 8.95. The van der Waals surface area contributed by atoms with E-state index >= 15 is 0 Å². The van der Waals surface area contributed by atoms with E-state index in [0.717, 1.165) is 37.1 Å². The number of carbonyl (C=O) groups is 1. The normalized spacial score (nSPS) is 16.8. The number of nitrogens with zero attached hydrogens (tertiary/aromatic N) is 3. The van der Waals surface area contributed by atoms with Crippen molar-refractivity contribution in [3.05, 3.63) is 30.3 Å². The maximum absolute atomic E-state index is 11.9. The number of aliphatic imine (C=N–C) groups is 1. The van der Waals surface area contributed by atoms with Gasteiger partial charge in [-0.3, -0.25) is 4.79 Å². The highest BCUT2D eigenvalue weighted by Crippen LogP contribution is 2.25. The quantitative estimate of drug-likeness (QED) is 0.187. The molecule has 2 rings (SSSR count). The maximum Gasteiger partial charge on any atom is 0.243 e. The number of amides is 1. The second-order valence-corrected chi connectivity index (χ2v) is 8.65. The van der Waals surface area contributed by atoms with Crippen LogP contribution in [0, 0.1) is 5.92 Å². The Morgan fingerprint density at radius 2 is 2.07 bits per heavy atom. The molecule has 152 valence electrons. The molecule has 1 amide bonds. The van der Waals surface area contributed by atoms with Crippen LogP contribution in [-0.4, -0.2) is 79.7 Å². The van der Waals surface area contributed by atoms with Gasteiger partial charge in [0.25, 0.3) is 0 Å². The van der Waals surface area contributed by atoms with Crippen molar-refractivity contribution in [1.82, 2.24) is 15.1 Å². The van der Waals surface area contributed by atoms with Crippen LogP contribution in [0.3, 0.4) is 0 Å². The first-order valence-electron chi connectivity index (χ1n) is 9.00. The Morgan fingerprint density at radius 3 is 2.74 bits per heavy atom. The molecule has 0 aliphatic carbocycles. The van der Waals surface area contributed by atoms with E-state index in [1.165, 1.54) is 11.3 Å². The summed E-state index contributed by atoms with van der Waals surface area (Å²) in [6.45, 7) is 3.08. The SMILES string of the molecule is CSCCNC(=NCC(=O)N(C)C)N1CCC(CSc2ccccc2)C1.I. The second kappa shape index (κ2) is 13.5. The van der Waals surface area contributed by atoms with Crippen LogP contribution >= 0.6 is 47.5 Å². The monoisotopic (exact) mass is 522 g/mol. The maximum atomic E-state index is 11.9. The molecular formula is C19H31IN4OS2. The van der Waals surface area contributed by atoms with Gasteiger partial charge in [0.15, 0.2) is 5.96 Å². The lowest BCUT2D eigenvalue weighted by molar-refractivity contribution is -0.127. The fraction of sp³-hybridized carbons (Fsp3) is 0.579. The number of likely N-dealkylation sites (tertiary alicyclic amines) is 1. The molecule has 27 heavy (non-hydrogen) atoms. The van der Waals surface area contributed by atoms with Gasteiger partial charge in [-0.2, -0.15) is 11.8 Å². The molecule has 1 heterocycles. The van der Waals surface area contributed by atoms with Crippen molar-refractivity contribution >= 4 is 59.4 Å². The van der Waals surface area contributed by atoms with Crippen molar-refractivity contribution in [1.29, 1.82) is 0 Å². The Morgan fingerprint density at radius 1 is 1.33 bits per heavy atom. The van der Waals surface area contributed by atoms with Crippen molar-refractivity contribution in [2.24, 2.45) is 10.9 Å². The molecule has 1 aromatic rings. The molecule has 1 atom stereocenters. The minimum absolute atomic E-state index is 0. The molecule has 1 N–H and O–H groups in total. The van der Waals surface area contributed by atoms with Crippen molar-refractivity contribution in [3.63, 3.8) is 0 Å². The lowest BCUT2D eigenvalue weighted by atomic mass is 10.2. The van der Waals surface area contributed by atoms with Gasteiger partial charge >= 0.3 is 0 Å². The Kier molecular flexibility index (Phi) is 12.3. The van der Waals surface area contributed by atoms with Crippen LogP contribution in [0.2, 0.25) is 0 Å². The summed E-state index contributed by atoms with van der Waals surface area (Å²) in [5.74, 6) is 3.71. The van der Waals surface area contributed by atoms with Crippen LogP contribution in [-0.2, 0) is 4.79 Å². The van der Waals surface area contributed by atoms with E-state index in [9.17, 15) is 4.79 Å². The minimum Gasteiger partial charge on any atom is -0.355 e. The Hall–Kier alpha value is -0.610. The summed E-state index contributed by atoms with van der Waals surface area (Å²) in [7, 11) is 3.54. The Labute approximate surface area is 189 Å². The van der Waals surface area contributed by atoms with Gasteiger partial charge in [0.05, 0.1) is 0 Å². The van der Waals surface area contributed by atoms with E-state index in [1.807, 2.05) is 23.5 Å². The van der Waals surface area contributed by atoms with Crippen LogP contribution < -0.4 is 5.32 Å². The molecule has 0 saturated carbocycles. The lowest BCUT2D eigenvalue weighted by Crippen LogP contribution is -2.42. The molecule has 1 saturated heterocycles. The highest BCUT2D eigenvalue weighted by atomic mass is 127. The van der Waals surface area contributed by atoms with Gasteiger partial charge in [0.2, 0.25) is 5.91 Å². The van der Waals surface area contributed by atoms with Crippen LogP contribution in [0.25, 0.3) is 0 Å². The second-order valence-electron chi connectivity index (χ2n) is 6.57. The summed E-state index contributed by atoms with van der Waals surface area (Å²) < 4.78 is 0. The van der Waals surface area contributed by atoms with Gasteiger partial charge in [0, 0.05) is 50.1 Å². The van der Waals surface area contributed by atoms with Crippen molar-refractivity contribution in [2.75, 3.05) is 58.0 Å². The molecule has 0 aromatic heterocycles. The van der Waals surface area contributed by atoms with Gasteiger partial charge in [-0.15, -0.1) is 35.7 Å². The predicted octanol–water partition coefficient (Wildman–Crippen LogP) is 3.12. The zero-order valence-electron chi connectivity index (χ0n) is 16.4. The largest absolute Gasteiger partial charge is 0.355 e. The van der Waals surface area contributed by atoms with Crippen LogP contribution in [0.1, 0.15) is 6.42 Å². The van der Waals surface area contributed by atoms with E-state index in [2.05, 4.69) is 51.8 Å². The van der Waals surface area contributed by atoms with Gasteiger partial charge in [-0.25, -0.2) is 4.99 Å². The lowest BCUT2D eigenvalue weighted by Gasteiger charge is -2.22. The number of nitrogens with one attached hydrogen (secondary N) is 1. The van der Waals surface area contributed by atoms with E-state index in [-0.39, 0.29) is 36.4 Å². The number of hydrogen-bond donors (Lipinski definition) is 1. The molecule has 1 fully saturated rings. The number of carbonyl (C=O) groups excluding carboxylic acids is 1. The number of guanidine groups is 1. The fourth-order valence-electron chi connectivity index (χ4n) is 2.71. The third-order valence-corrected chi connectivity index (χ3v) is 6.12. The first kappa shape index (κ1) is 24.4. The Balaban J connectivity index is 0.00000364. The zero-order valence-corrected chi connectivity index (χ0v) is 20.4. The van der Waals surface area contributed by atoms with Gasteiger partial charge in [-0.1, -0.05) is 18.2 Å². The third-order valence-electron chi connectivity index (χ3n) is 4.27.